The summed E-state index contributed by atoms with van der Waals surface area (Å²) in [6.07, 6.45) is -4.18. The Morgan fingerprint density at radius 2 is 1.82 bits per heavy atom. The van der Waals surface area contributed by atoms with E-state index in [1.165, 1.54) is 0 Å². The highest BCUT2D eigenvalue weighted by molar-refractivity contribution is 6.30. The summed E-state index contributed by atoms with van der Waals surface area (Å²) in [6, 6.07) is 6.52. The lowest BCUT2D eigenvalue weighted by molar-refractivity contribution is -0.116. The molecule has 0 bridgehead atoms. The van der Waals surface area contributed by atoms with Gasteiger partial charge < -0.3 is 24.8 Å². The van der Waals surface area contributed by atoms with Crippen LogP contribution in [0.3, 0.4) is 0 Å². The van der Waals surface area contributed by atoms with Crippen LogP contribution >= 0.6 is 11.6 Å². The molecule has 0 aromatic heterocycles. The van der Waals surface area contributed by atoms with Gasteiger partial charge in [0.1, 0.15) is 24.1 Å². The second-order valence-electron chi connectivity index (χ2n) is 3.78. The first-order chi connectivity index (χ1) is 8.11. The molecule has 1 aromatic carbocycles. The van der Waals surface area contributed by atoms with Crippen molar-refractivity contribution in [1.82, 2.24) is 0 Å². The van der Waals surface area contributed by atoms with Crippen molar-refractivity contribution in [3.05, 3.63) is 29.3 Å². The zero-order valence-corrected chi connectivity index (χ0v) is 9.62. The van der Waals surface area contributed by atoms with Crippen molar-refractivity contribution in [2.75, 3.05) is 6.61 Å². The number of aliphatic hydroxyl groups excluding tert-OH is 3. The molecule has 0 spiro atoms. The molecule has 0 aliphatic carbocycles. The van der Waals surface area contributed by atoms with Crippen molar-refractivity contribution in [3.63, 3.8) is 0 Å². The molecule has 5 nitrogen and oxygen atoms in total. The number of ether oxygens (including phenoxy) is 2. The second kappa shape index (κ2) is 5.20. The molecule has 0 unspecified atom stereocenters. The van der Waals surface area contributed by atoms with Gasteiger partial charge in [0.05, 0.1) is 6.61 Å². The van der Waals surface area contributed by atoms with Crippen LogP contribution < -0.4 is 4.74 Å². The molecule has 1 aliphatic heterocycles. The van der Waals surface area contributed by atoms with Gasteiger partial charge in [-0.3, -0.25) is 0 Å². The Bertz CT molecular complexity index is 369. The maximum absolute atomic E-state index is 9.64. The first kappa shape index (κ1) is 12.6. The van der Waals surface area contributed by atoms with E-state index in [0.717, 1.165) is 0 Å². The van der Waals surface area contributed by atoms with Crippen molar-refractivity contribution in [1.29, 1.82) is 0 Å². The fourth-order valence-electron chi connectivity index (χ4n) is 1.61. The number of aliphatic hydroxyl groups is 3. The van der Waals surface area contributed by atoms with Crippen molar-refractivity contribution >= 4 is 11.6 Å². The normalized spacial score (nSPS) is 32.7. The predicted octanol–water partition coefficient (Wildman–Crippen LogP) is 0.158. The van der Waals surface area contributed by atoms with Crippen molar-refractivity contribution in [2.45, 2.75) is 24.6 Å². The van der Waals surface area contributed by atoms with Gasteiger partial charge in [-0.2, -0.15) is 0 Å². The molecule has 17 heavy (non-hydrogen) atoms. The first-order valence-electron chi connectivity index (χ1n) is 5.16. The van der Waals surface area contributed by atoms with Gasteiger partial charge in [-0.25, -0.2) is 0 Å². The summed E-state index contributed by atoms with van der Waals surface area (Å²) < 4.78 is 10.5. The molecule has 3 N–H and O–H groups in total. The van der Waals surface area contributed by atoms with Gasteiger partial charge in [0.15, 0.2) is 0 Å². The fourth-order valence-corrected chi connectivity index (χ4v) is 1.74. The highest BCUT2D eigenvalue weighted by Crippen LogP contribution is 2.25. The molecule has 2 rings (SSSR count). The van der Waals surface area contributed by atoms with Crippen LogP contribution in [0.25, 0.3) is 0 Å². The number of rotatable bonds is 3. The third kappa shape index (κ3) is 2.70. The van der Waals surface area contributed by atoms with Gasteiger partial charge in [-0.1, -0.05) is 11.6 Å². The molecule has 1 aromatic rings. The summed E-state index contributed by atoms with van der Waals surface area (Å²) in [5.74, 6) is 0.462. The maximum atomic E-state index is 9.64. The minimum absolute atomic E-state index is 0.376. The number of benzene rings is 1. The average Bonchev–Trinajstić information content (AvgIpc) is 2.60. The van der Waals surface area contributed by atoms with Gasteiger partial charge in [0.25, 0.3) is 0 Å². The second-order valence-corrected chi connectivity index (χ2v) is 4.21. The van der Waals surface area contributed by atoms with Crippen LogP contribution in [0.2, 0.25) is 5.02 Å². The molecule has 1 aliphatic rings. The van der Waals surface area contributed by atoms with Crippen molar-refractivity contribution in [2.24, 2.45) is 0 Å². The molecule has 1 fully saturated rings. The summed E-state index contributed by atoms with van der Waals surface area (Å²) in [5, 5.41) is 28.6. The molecule has 1 heterocycles. The lowest BCUT2D eigenvalue weighted by atomic mass is 10.1. The van der Waals surface area contributed by atoms with Crippen LogP contribution in [-0.4, -0.2) is 46.5 Å². The number of hydrogen-bond donors (Lipinski definition) is 3. The van der Waals surface area contributed by atoms with Gasteiger partial charge in [0, 0.05) is 5.02 Å². The minimum Gasteiger partial charge on any atom is -0.462 e. The molecule has 4 atom stereocenters. The van der Waals surface area contributed by atoms with E-state index in [0.29, 0.717) is 10.8 Å². The van der Waals surface area contributed by atoms with E-state index in [-0.39, 0.29) is 6.61 Å². The van der Waals surface area contributed by atoms with E-state index in [4.69, 9.17) is 26.2 Å². The van der Waals surface area contributed by atoms with Gasteiger partial charge >= 0.3 is 0 Å². The highest BCUT2D eigenvalue weighted by Gasteiger charge is 2.43. The van der Waals surface area contributed by atoms with Crippen molar-refractivity contribution in [3.8, 4) is 5.75 Å². The quantitative estimate of drug-likeness (QED) is 0.721. The Kier molecular flexibility index (Phi) is 3.86. The summed E-state index contributed by atoms with van der Waals surface area (Å²) in [5.41, 5.74) is 0. The number of halogens is 1. The smallest absolute Gasteiger partial charge is 0.229 e. The van der Waals surface area contributed by atoms with Crippen LogP contribution in [0.5, 0.6) is 5.75 Å². The lowest BCUT2D eigenvalue weighted by Gasteiger charge is -2.16. The average molecular weight is 261 g/mol. The Morgan fingerprint density at radius 3 is 2.35 bits per heavy atom. The van der Waals surface area contributed by atoms with Crippen LogP contribution in [0.15, 0.2) is 24.3 Å². The van der Waals surface area contributed by atoms with E-state index in [1.54, 1.807) is 24.3 Å². The molecule has 0 saturated carbocycles. The van der Waals surface area contributed by atoms with Crippen LogP contribution in [-0.2, 0) is 4.74 Å². The van der Waals surface area contributed by atoms with Crippen LogP contribution in [0.1, 0.15) is 0 Å². The first-order valence-corrected chi connectivity index (χ1v) is 5.54. The predicted molar refractivity (Wildman–Crippen MR) is 59.8 cm³/mol. The van der Waals surface area contributed by atoms with E-state index in [9.17, 15) is 10.2 Å². The summed E-state index contributed by atoms with van der Waals surface area (Å²) >= 11 is 5.72. The largest absolute Gasteiger partial charge is 0.462 e. The zero-order valence-electron chi connectivity index (χ0n) is 8.86. The molecule has 0 radical (unpaired) electrons. The topological polar surface area (TPSA) is 79.2 Å². The molecule has 94 valence electrons. The third-order valence-corrected chi connectivity index (χ3v) is 2.82. The molecule has 6 heteroatoms. The Labute approximate surface area is 103 Å². The molecule has 0 amide bonds. The van der Waals surface area contributed by atoms with E-state index in [1.807, 2.05) is 0 Å². The maximum Gasteiger partial charge on any atom is 0.229 e. The fraction of sp³-hybridized carbons (Fsp3) is 0.455. The summed E-state index contributed by atoms with van der Waals surface area (Å²) in [6.45, 7) is -0.376. The highest BCUT2D eigenvalue weighted by atomic mass is 35.5. The number of hydrogen-bond acceptors (Lipinski definition) is 5. The Hall–Kier alpha value is -0.850. The van der Waals surface area contributed by atoms with Crippen molar-refractivity contribution < 1.29 is 24.8 Å². The zero-order chi connectivity index (χ0) is 12.4. The van der Waals surface area contributed by atoms with E-state index in [2.05, 4.69) is 0 Å². The lowest BCUT2D eigenvalue weighted by Crippen LogP contribution is -2.35. The van der Waals surface area contributed by atoms with E-state index < -0.39 is 24.6 Å². The van der Waals surface area contributed by atoms with Gasteiger partial charge in [-0.05, 0) is 24.3 Å². The minimum atomic E-state index is -1.19. The SMILES string of the molecule is OC[C@@H]1O[C@@H](Oc2ccc(Cl)cc2)[C@H](O)[C@H]1O. The summed E-state index contributed by atoms with van der Waals surface area (Å²) in [7, 11) is 0. The molecular weight excluding hydrogens is 248 g/mol. The van der Waals surface area contributed by atoms with Crippen LogP contribution in [0.4, 0.5) is 0 Å². The third-order valence-electron chi connectivity index (χ3n) is 2.56. The molecular formula is C11H13ClO5. The van der Waals surface area contributed by atoms with Gasteiger partial charge in [0.2, 0.25) is 6.29 Å². The standard InChI is InChI=1S/C11H13ClO5/c12-6-1-3-7(4-2-6)16-11-10(15)9(14)8(5-13)17-11/h1-4,8-11,13-15H,5H2/t8-,9-,10+,11+/m0/s1. The molecule has 1 saturated heterocycles. The van der Waals surface area contributed by atoms with E-state index >= 15 is 0 Å². The monoisotopic (exact) mass is 260 g/mol. The van der Waals surface area contributed by atoms with Crippen LogP contribution in [0, 0.1) is 0 Å². The Morgan fingerprint density at radius 1 is 1.18 bits per heavy atom. The summed E-state index contributed by atoms with van der Waals surface area (Å²) in [4.78, 5) is 0. The Balaban J connectivity index is 2.02. The van der Waals surface area contributed by atoms with Gasteiger partial charge in [-0.15, -0.1) is 0 Å².